The molecule has 320 valence electrons. The molecule has 0 spiro atoms. The van der Waals surface area contributed by atoms with E-state index in [1.165, 1.54) is 82.8 Å². The van der Waals surface area contributed by atoms with Crippen LogP contribution in [0.25, 0.3) is 60.5 Å². The fraction of sp³-hybridized carbons (Fsp3) is 0.0938. The number of anilines is 6. The van der Waals surface area contributed by atoms with Crippen molar-refractivity contribution in [3.8, 4) is 27.9 Å². The Kier molecular flexibility index (Phi) is 8.60. The van der Waals surface area contributed by atoms with Gasteiger partial charge in [-0.15, -0.1) is 0 Å². The van der Waals surface area contributed by atoms with Gasteiger partial charge < -0.3 is 14.4 Å². The number of benzene rings is 10. The third-order valence-corrected chi connectivity index (χ3v) is 14.9. The third-order valence-electron chi connectivity index (χ3n) is 14.9. The van der Waals surface area contributed by atoms with Crippen LogP contribution in [0.2, 0.25) is 0 Å². The van der Waals surface area contributed by atoms with Gasteiger partial charge in [-0.25, -0.2) is 0 Å². The third kappa shape index (κ3) is 5.84. The molecule has 0 saturated carbocycles. The Bertz CT molecular complexity index is 3640. The summed E-state index contributed by atoms with van der Waals surface area (Å²) in [5.41, 5.74) is 20.7. The minimum atomic E-state index is -0.243. The molecule has 2 aliphatic rings. The lowest BCUT2D eigenvalue weighted by Crippen LogP contribution is -2.33. The SMILES string of the molecule is CC1(C)c2cccc3c2-n2c4c1cc(-c1ccc(N(c5ccccc5)c5ccccc5)cc1)cc4c1cc(-c4ccc(N(c5ccccc5)c5ccccc5)c5ccccc45)cc(c12)C3(C)C. The highest BCUT2D eigenvalue weighted by atomic mass is 15.1. The van der Waals surface area contributed by atoms with Crippen LogP contribution < -0.4 is 9.80 Å². The first kappa shape index (κ1) is 39.2. The standard InChI is InChI=1S/C64H49N3/c1-63(2)55-30-19-31-56-62(55)67-60-53(38-43(40-57(60)63)42-32-34-49(35-33-42)65(45-20-9-5-10-21-45)46-22-11-6-12-23-46)54-39-44(41-58(61(54)67)64(56,3)4)50-36-37-59(52-29-18-17-28-51(50)52)66(47-24-13-7-14-25-47)48-26-15-8-16-27-48/h5-41H,1-4H3. The van der Waals surface area contributed by atoms with Gasteiger partial charge in [-0.3, -0.25) is 0 Å². The van der Waals surface area contributed by atoms with Crippen LogP contribution in [-0.4, -0.2) is 4.57 Å². The van der Waals surface area contributed by atoms with Gasteiger partial charge in [0.2, 0.25) is 0 Å². The molecule has 0 N–H and O–H groups in total. The number of rotatable bonds is 8. The van der Waals surface area contributed by atoms with Gasteiger partial charge in [-0.2, -0.15) is 0 Å². The van der Waals surface area contributed by atoms with Crippen LogP contribution in [0.3, 0.4) is 0 Å². The first-order valence-electron chi connectivity index (χ1n) is 23.5. The van der Waals surface area contributed by atoms with Gasteiger partial charge in [0, 0.05) is 55.4 Å². The average molecular weight is 860 g/mol. The van der Waals surface area contributed by atoms with Crippen molar-refractivity contribution in [1.29, 1.82) is 0 Å². The highest BCUT2D eigenvalue weighted by Gasteiger charge is 2.43. The van der Waals surface area contributed by atoms with Crippen LogP contribution in [0.15, 0.2) is 224 Å². The molecule has 13 rings (SSSR count). The largest absolute Gasteiger partial charge is 0.311 e. The van der Waals surface area contributed by atoms with E-state index in [2.05, 4.69) is 267 Å². The van der Waals surface area contributed by atoms with Crippen molar-refractivity contribution in [3.05, 3.63) is 247 Å². The van der Waals surface area contributed by atoms with Crippen molar-refractivity contribution >= 4 is 66.7 Å². The number of aromatic nitrogens is 1. The zero-order chi connectivity index (χ0) is 45.0. The van der Waals surface area contributed by atoms with E-state index in [0.29, 0.717) is 0 Å². The Morgan fingerprint density at radius 3 is 1.27 bits per heavy atom. The van der Waals surface area contributed by atoms with Crippen molar-refractivity contribution in [2.45, 2.75) is 38.5 Å². The quantitative estimate of drug-likeness (QED) is 0.151. The van der Waals surface area contributed by atoms with Gasteiger partial charge in [0.15, 0.2) is 0 Å². The Hall–Kier alpha value is -8.14. The van der Waals surface area contributed by atoms with Gasteiger partial charge in [-0.05, 0) is 141 Å². The molecule has 0 amide bonds. The molecule has 0 atom stereocenters. The molecule has 1 aromatic heterocycles. The van der Waals surface area contributed by atoms with E-state index < -0.39 is 0 Å². The highest BCUT2D eigenvalue weighted by molar-refractivity contribution is 6.17. The summed E-state index contributed by atoms with van der Waals surface area (Å²) in [5.74, 6) is 0. The van der Waals surface area contributed by atoms with Crippen LogP contribution in [0.4, 0.5) is 34.1 Å². The van der Waals surface area contributed by atoms with Gasteiger partial charge in [-0.1, -0.05) is 161 Å². The number of hydrogen-bond donors (Lipinski definition) is 0. The first-order chi connectivity index (χ1) is 32.8. The van der Waals surface area contributed by atoms with Crippen LogP contribution in [0.1, 0.15) is 49.9 Å². The molecule has 3 nitrogen and oxygen atoms in total. The second-order valence-corrected chi connectivity index (χ2v) is 19.4. The summed E-state index contributed by atoms with van der Waals surface area (Å²) in [5, 5.41) is 5.05. The summed E-state index contributed by atoms with van der Waals surface area (Å²) in [6.07, 6.45) is 0. The minimum absolute atomic E-state index is 0.229. The van der Waals surface area contributed by atoms with E-state index in [9.17, 15) is 0 Å². The van der Waals surface area contributed by atoms with E-state index in [-0.39, 0.29) is 10.8 Å². The number of hydrogen-bond acceptors (Lipinski definition) is 2. The summed E-state index contributed by atoms with van der Waals surface area (Å²) in [6.45, 7) is 9.73. The molecule has 3 heterocycles. The highest BCUT2D eigenvalue weighted by Crippen LogP contribution is 2.57. The zero-order valence-corrected chi connectivity index (χ0v) is 38.2. The summed E-state index contributed by atoms with van der Waals surface area (Å²) >= 11 is 0. The number of fused-ring (bicyclic) bond motifs is 2. The van der Waals surface area contributed by atoms with E-state index in [0.717, 1.165) is 34.1 Å². The summed E-state index contributed by atoms with van der Waals surface area (Å²) in [6, 6.07) is 82.6. The molecule has 0 aliphatic carbocycles. The van der Waals surface area contributed by atoms with Crippen LogP contribution in [-0.2, 0) is 10.8 Å². The van der Waals surface area contributed by atoms with Crippen molar-refractivity contribution in [1.82, 2.24) is 4.57 Å². The normalized spacial score (nSPS) is 13.9. The smallest absolute Gasteiger partial charge is 0.0582 e. The fourth-order valence-electron chi connectivity index (χ4n) is 11.6. The Morgan fingerprint density at radius 1 is 0.313 bits per heavy atom. The zero-order valence-electron chi connectivity index (χ0n) is 38.2. The van der Waals surface area contributed by atoms with E-state index >= 15 is 0 Å². The molecule has 0 saturated heterocycles. The van der Waals surface area contributed by atoms with Crippen molar-refractivity contribution in [2.24, 2.45) is 0 Å². The molecule has 11 aromatic rings. The predicted molar refractivity (Wildman–Crippen MR) is 283 cm³/mol. The number of nitrogens with zero attached hydrogens (tertiary/aromatic N) is 3. The summed E-state index contributed by atoms with van der Waals surface area (Å²) in [4.78, 5) is 4.72. The molecule has 2 aliphatic heterocycles. The second-order valence-electron chi connectivity index (χ2n) is 19.4. The maximum absolute atomic E-state index is 2.64. The lowest BCUT2D eigenvalue weighted by atomic mass is 9.68. The molecule has 0 bridgehead atoms. The molecule has 0 unspecified atom stereocenters. The summed E-state index contributed by atoms with van der Waals surface area (Å²) in [7, 11) is 0. The van der Waals surface area contributed by atoms with Crippen LogP contribution in [0, 0.1) is 0 Å². The van der Waals surface area contributed by atoms with Gasteiger partial charge in [0.25, 0.3) is 0 Å². The van der Waals surface area contributed by atoms with Gasteiger partial charge >= 0.3 is 0 Å². The molecular formula is C64H49N3. The monoisotopic (exact) mass is 859 g/mol. The molecule has 3 heteroatoms. The van der Waals surface area contributed by atoms with E-state index in [4.69, 9.17) is 0 Å². The number of para-hydroxylation sites is 5. The maximum Gasteiger partial charge on any atom is 0.0582 e. The first-order valence-corrected chi connectivity index (χ1v) is 23.5. The average Bonchev–Trinajstić information content (AvgIpc) is 3.70. The Labute approximate surface area is 392 Å². The molecule has 0 fully saturated rings. The van der Waals surface area contributed by atoms with Gasteiger partial charge in [0.1, 0.15) is 0 Å². The molecule has 10 aromatic carbocycles. The van der Waals surface area contributed by atoms with Crippen molar-refractivity contribution < 1.29 is 0 Å². The fourth-order valence-corrected chi connectivity index (χ4v) is 11.6. The van der Waals surface area contributed by atoms with Crippen LogP contribution >= 0.6 is 0 Å². The van der Waals surface area contributed by atoms with Crippen LogP contribution in [0.5, 0.6) is 0 Å². The lowest BCUT2D eigenvalue weighted by molar-refractivity contribution is 0.594. The topological polar surface area (TPSA) is 11.4 Å². The molecule has 0 radical (unpaired) electrons. The molecule has 67 heavy (non-hydrogen) atoms. The van der Waals surface area contributed by atoms with Crippen molar-refractivity contribution in [2.75, 3.05) is 9.80 Å². The van der Waals surface area contributed by atoms with E-state index in [1.807, 2.05) is 0 Å². The van der Waals surface area contributed by atoms with Gasteiger partial charge in [0.05, 0.1) is 22.4 Å². The Balaban J connectivity index is 1.04. The minimum Gasteiger partial charge on any atom is -0.311 e. The Morgan fingerprint density at radius 2 is 0.746 bits per heavy atom. The lowest BCUT2D eigenvalue weighted by Gasteiger charge is -2.42. The van der Waals surface area contributed by atoms with Crippen molar-refractivity contribution in [3.63, 3.8) is 0 Å². The predicted octanol–water partition coefficient (Wildman–Crippen LogP) is 17.5. The maximum atomic E-state index is 2.64. The van der Waals surface area contributed by atoms with E-state index in [1.54, 1.807) is 0 Å². The second kappa shape index (κ2) is 14.7. The molecular weight excluding hydrogens is 811 g/mol. The summed E-state index contributed by atoms with van der Waals surface area (Å²) < 4.78 is 2.64.